The number of anilines is 1. The standard InChI is InChI=1S/C32H41N3O5S/c1-5-8-21-33-32(37)30(6-2)34(23-26-14-12-13-25(4)22-26)31(36)24-35(27-15-10-9-11-16-27)41(38,39)29-19-17-28(18-20-29)40-7-3/h9-20,22,30H,5-8,21,23-24H2,1-4H3,(H,33,37). The molecule has 0 aliphatic heterocycles. The van der Waals surface area contributed by atoms with Crippen LogP contribution < -0.4 is 14.4 Å². The molecule has 0 spiro atoms. The first kappa shape index (κ1) is 31.7. The van der Waals surface area contributed by atoms with Gasteiger partial charge in [-0.3, -0.25) is 13.9 Å². The van der Waals surface area contributed by atoms with Crippen LogP contribution in [0.25, 0.3) is 0 Å². The second kappa shape index (κ2) is 15.2. The minimum Gasteiger partial charge on any atom is -0.494 e. The van der Waals surface area contributed by atoms with E-state index in [1.165, 1.54) is 17.0 Å². The van der Waals surface area contributed by atoms with Crippen molar-refractivity contribution in [3.63, 3.8) is 0 Å². The number of ether oxygens (including phenoxy) is 1. The van der Waals surface area contributed by atoms with Crippen molar-refractivity contribution >= 4 is 27.5 Å². The van der Waals surface area contributed by atoms with E-state index in [0.29, 0.717) is 31.0 Å². The van der Waals surface area contributed by atoms with Crippen molar-refractivity contribution in [1.29, 1.82) is 0 Å². The van der Waals surface area contributed by atoms with E-state index >= 15 is 0 Å². The van der Waals surface area contributed by atoms with E-state index in [0.717, 1.165) is 28.3 Å². The second-order valence-corrected chi connectivity index (χ2v) is 11.7. The highest BCUT2D eigenvalue weighted by Gasteiger charge is 2.33. The van der Waals surface area contributed by atoms with Gasteiger partial charge in [-0.2, -0.15) is 0 Å². The topological polar surface area (TPSA) is 96.0 Å². The van der Waals surface area contributed by atoms with Crippen LogP contribution >= 0.6 is 0 Å². The highest BCUT2D eigenvalue weighted by atomic mass is 32.2. The smallest absolute Gasteiger partial charge is 0.264 e. The summed E-state index contributed by atoms with van der Waals surface area (Å²) in [6.07, 6.45) is 2.14. The van der Waals surface area contributed by atoms with Crippen LogP contribution in [-0.4, -0.2) is 50.9 Å². The first-order chi connectivity index (χ1) is 19.7. The molecule has 220 valence electrons. The first-order valence-corrected chi connectivity index (χ1v) is 15.6. The Kier molecular flexibility index (Phi) is 11.8. The molecule has 1 unspecified atom stereocenters. The monoisotopic (exact) mass is 579 g/mol. The Balaban J connectivity index is 2.00. The minimum atomic E-state index is -4.13. The van der Waals surface area contributed by atoms with Crippen molar-refractivity contribution in [3.8, 4) is 5.75 Å². The van der Waals surface area contributed by atoms with Crippen LogP contribution in [0, 0.1) is 6.92 Å². The molecule has 0 heterocycles. The maximum atomic E-state index is 14.1. The van der Waals surface area contributed by atoms with E-state index in [1.54, 1.807) is 42.5 Å². The molecular weight excluding hydrogens is 538 g/mol. The van der Waals surface area contributed by atoms with E-state index in [4.69, 9.17) is 4.74 Å². The molecule has 3 aromatic rings. The number of hydrogen-bond acceptors (Lipinski definition) is 5. The Morgan fingerprint density at radius 2 is 1.63 bits per heavy atom. The first-order valence-electron chi connectivity index (χ1n) is 14.1. The van der Waals surface area contributed by atoms with Gasteiger partial charge in [0.1, 0.15) is 18.3 Å². The van der Waals surface area contributed by atoms with E-state index in [9.17, 15) is 18.0 Å². The summed E-state index contributed by atoms with van der Waals surface area (Å²) >= 11 is 0. The molecule has 41 heavy (non-hydrogen) atoms. The van der Waals surface area contributed by atoms with Gasteiger partial charge in [-0.1, -0.05) is 68.3 Å². The average molecular weight is 580 g/mol. The summed E-state index contributed by atoms with van der Waals surface area (Å²) < 4.78 is 34.5. The summed E-state index contributed by atoms with van der Waals surface area (Å²) in [4.78, 5) is 28.9. The van der Waals surface area contributed by atoms with E-state index in [1.807, 2.05) is 52.0 Å². The highest BCUT2D eigenvalue weighted by Crippen LogP contribution is 2.26. The predicted octanol–water partition coefficient (Wildman–Crippen LogP) is 5.31. The third-order valence-electron chi connectivity index (χ3n) is 6.70. The van der Waals surface area contributed by atoms with Gasteiger partial charge in [0.2, 0.25) is 11.8 Å². The van der Waals surface area contributed by atoms with Gasteiger partial charge in [0.25, 0.3) is 10.0 Å². The Hall–Kier alpha value is -3.85. The molecule has 0 saturated carbocycles. The Labute approximate surface area is 244 Å². The molecule has 1 N–H and O–H groups in total. The van der Waals surface area contributed by atoms with Crippen LogP contribution in [0.5, 0.6) is 5.75 Å². The van der Waals surface area contributed by atoms with Gasteiger partial charge >= 0.3 is 0 Å². The third-order valence-corrected chi connectivity index (χ3v) is 8.48. The number of unbranched alkanes of at least 4 members (excludes halogenated alkanes) is 1. The van der Waals surface area contributed by atoms with Crippen molar-refractivity contribution in [2.24, 2.45) is 0 Å². The van der Waals surface area contributed by atoms with Crippen LogP contribution in [-0.2, 0) is 26.2 Å². The summed E-state index contributed by atoms with van der Waals surface area (Å²) in [6.45, 7) is 8.38. The van der Waals surface area contributed by atoms with Gasteiger partial charge in [0.05, 0.1) is 17.2 Å². The molecule has 1 atom stereocenters. The van der Waals surface area contributed by atoms with Crippen LogP contribution in [0.3, 0.4) is 0 Å². The molecular formula is C32H41N3O5S. The van der Waals surface area contributed by atoms with Crippen LogP contribution in [0.15, 0.2) is 83.8 Å². The lowest BCUT2D eigenvalue weighted by Gasteiger charge is -2.33. The van der Waals surface area contributed by atoms with Gasteiger partial charge < -0.3 is 15.0 Å². The SMILES string of the molecule is CCCCNC(=O)C(CC)N(Cc1cccc(C)c1)C(=O)CN(c1ccccc1)S(=O)(=O)c1ccc(OCC)cc1. The Morgan fingerprint density at radius 1 is 0.927 bits per heavy atom. The molecule has 9 heteroatoms. The molecule has 0 aliphatic carbocycles. The van der Waals surface area contributed by atoms with Crippen LogP contribution in [0.1, 0.15) is 51.2 Å². The Morgan fingerprint density at radius 3 is 2.24 bits per heavy atom. The van der Waals surface area contributed by atoms with Crippen molar-refractivity contribution in [3.05, 3.63) is 90.0 Å². The molecule has 0 saturated heterocycles. The van der Waals surface area contributed by atoms with Crippen LogP contribution in [0.4, 0.5) is 5.69 Å². The molecule has 3 rings (SSSR count). The normalized spacial score (nSPS) is 11.9. The lowest BCUT2D eigenvalue weighted by atomic mass is 10.1. The zero-order chi connectivity index (χ0) is 29.8. The quantitative estimate of drug-likeness (QED) is 0.246. The lowest BCUT2D eigenvalue weighted by Crippen LogP contribution is -2.52. The van der Waals surface area contributed by atoms with Crippen LogP contribution in [0.2, 0.25) is 0 Å². The predicted molar refractivity (Wildman–Crippen MR) is 162 cm³/mol. The maximum Gasteiger partial charge on any atom is 0.264 e. The fourth-order valence-corrected chi connectivity index (χ4v) is 5.97. The maximum absolute atomic E-state index is 14.1. The molecule has 8 nitrogen and oxygen atoms in total. The number of benzene rings is 3. The highest BCUT2D eigenvalue weighted by molar-refractivity contribution is 7.92. The molecule has 3 aromatic carbocycles. The van der Waals surface area contributed by atoms with E-state index in [-0.39, 0.29) is 17.3 Å². The fraction of sp³-hybridized carbons (Fsp3) is 0.375. The number of carbonyl (C=O) groups is 2. The number of sulfonamides is 1. The summed E-state index contributed by atoms with van der Waals surface area (Å²) in [5, 5.41) is 2.95. The largest absolute Gasteiger partial charge is 0.494 e. The van der Waals surface area contributed by atoms with Gasteiger partial charge in [-0.15, -0.1) is 0 Å². The van der Waals surface area contributed by atoms with Gasteiger partial charge in [0.15, 0.2) is 0 Å². The molecule has 0 bridgehead atoms. The molecule has 2 amide bonds. The number of hydrogen-bond donors (Lipinski definition) is 1. The minimum absolute atomic E-state index is 0.0344. The zero-order valence-electron chi connectivity index (χ0n) is 24.4. The van der Waals surface area contributed by atoms with E-state index < -0.39 is 28.5 Å². The van der Waals surface area contributed by atoms with Gasteiger partial charge in [-0.25, -0.2) is 8.42 Å². The second-order valence-electron chi connectivity index (χ2n) is 9.83. The number of carbonyl (C=O) groups excluding carboxylic acids is 2. The molecule has 0 fully saturated rings. The van der Waals surface area contributed by atoms with E-state index in [2.05, 4.69) is 5.32 Å². The number of rotatable bonds is 15. The number of para-hydroxylation sites is 1. The summed E-state index contributed by atoms with van der Waals surface area (Å²) in [7, 11) is -4.13. The molecule has 0 aliphatic rings. The summed E-state index contributed by atoms with van der Waals surface area (Å²) in [6, 6.07) is 21.7. The number of amides is 2. The molecule has 0 aromatic heterocycles. The zero-order valence-corrected chi connectivity index (χ0v) is 25.2. The summed E-state index contributed by atoms with van der Waals surface area (Å²) in [5.74, 6) is -0.164. The van der Waals surface area contributed by atoms with Crippen molar-refractivity contribution in [1.82, 2.24) is 10.2 Å². The lowest BCUT2D eigenvalue weighted by molar-refractivity contribution is -0.140. The molecule has 0 radical (unpaired) electrons. The average Bonchev–Trinajstić information content (AvgIpc) is 2.96. The number of aryl methyl sites for hydroxylation is 1. The fourth-order valence-electron chi connectivity index (χ4n) is 4.56. The van der Waals surface area contributed by atoms with Crippen molar-refractivity contribution < 1.29 is 22.7 Å². The third kappa shape index (κ3) is 8.57. The number of nitrogens with zero attached hydrogens (tertiary/aromatic N) is 2. The summed E-state index contributed by atoms with van der Waals surface area (Å²) in [5.41, 5.74) is 2.24. The number of nitrogens with one attached hydrogen (secondary N) is 1. The van der Waals surface area contributed by atoms with Crippen molar-refractivity contribution in [2.45, 2.75) is 64.4 Å². The Bertz CT molecular complexity index is 1380. The van der Waals surface area contributed by atoms with Crippen molar-refractivity contribution in [2.75, 3.05) is 24.0 Å². The van der Waals surface area contributed by atoms with Gasteiger partial charge in [-0.05, 0) is 68.7 Å². The van der Waals surface area contributed by atoms with Gasteiger partial charge in [0, 0.05) is 13.1 Å².